The van der Waals surface area contributed by atoms with E-state index in [2.05, 4.69) is 22.2 Å². The third-order valence-corrected chi connectivity index (χ3v) is 6.66. The van der Waals surface area contributed by atoms with E-state index >= 15 is 0 Å². The first kappa shape index (κ1) is 25.3. The van der Waals surface area contributed by atoms with Crippen molar-refractivity contribution in [1.82, 2.24) is 14.5 Å². The molecule has 4 aromatic rings. The van der Waals surface area contributed by atoms with Crippen molar-refractivity contribution >= 4 is 38.1 Å². The minimum atomic E-state index is -5.56. The van der Waals surface area contributed by atoms with Gasteiger partial charge < -0.3 is 14.9 Å². The van der Waals surface area contributed by atoms with Crippen LogP contribution in [-0.4, -0.2) is 28.5 Å². The number of hydrogen-bond acceptors (Lipinski definition) is 5. The number of benzene rings is 2. The average Bonchev–Trinajstić information content (AvgIpc) is 3.18. The molecule has 8 nitrogen and oxygen atoms in total. The third-order valence-electron chi connectivity index (χ3n) is 5.56. The summed E-state index contributed by atoms with van der Waals surface area (Å²) in [5.41, 5.74) is -3.14. The number of nitrogens with one attached hydrogen (secondary N) is 3. The van der Waals surface area contributed by atoms with Crippen LogP contribution in [0.5, 0.6) is 0 Å². The summed E-state index contributed by atoms with van der Waals surface area (Å²) in [5, 5.41) is 2.95. The summed E-state index contributed by atoms with van der Waals surface area (Å²) in [5.74, 6) is 0.816. The number of fused-ring (bicyclic) bond motifs is 1. The number of para-hydroxylation sites is 2. The fourth-order valence-electron chi connectivity index (χ4n) is 3.73. The van der Waals surface area contributed by atoms with Gasteiger partial charge in [0, 0.05) is 24.8 Å². The normalized spacial score (nSPS) is 12.1. The monoisotopic (exact) mass is 519 g/mol. The minimum absolute atomic E-state index is 0.166. The predicted octanol–water partition coefficient (Wildman–Crippen LogP) is 5.12. The van der Waals surface area contributed by atoms with Crippen molar-refractivity contribution in [3.8, 4) is 0 Å². The highest BCUT2D eigenvalue weighted by atomic mass is 32.2. The number of hydrogen-bond donors (Lipinski definition) is 3. The van der Waals surface area contributed by atoms with Gasteiger partial charge in [0.2, 0.25) is 0 Å². The Balaban J connectivity index is 1.56. The molecule has 0 aliphatic rings. The molecule has 0 amide bonds. The quantitative estimate of drug-likeness (QED) is 0.284. The van der Waals surface area contributed by atoms with Crippen LogP contribution in [0.2, 0.25) is 0 Å². The lowest BCUT2D eigenvalue weighted by Gasteiger charge is -2.16. The Labute approximate surface area is 205 Å². The molecule has 0 radical (unpaired) electrons. The van der Waals surface area contributed by atoms with Crippen LogP contribution >= 0.6 is 0 Å². The predicted molar refractivity (Wildman–Crippen MR) is 133 cm³/mol. The Morgan fingerprint density at radius 2 is 1.72 bits per heavy atom. The van der Waals surface area contributed by atoms with Crippen LogP contribution in [0.1, 0.15) is 31.2 Å². The molecule has 0 saturated heterocycles. The number of H-pyrrole nitrogens is 1. The molecule has 2 aromatic carbocycles. The van der Waals surface area contributed by atoms with Crippen LogP contribution in [0, 0.1) is 0 Å². The van der Waals surface area contributed by atoms with Crippen LogP contribution in [-0.2, 0) is 23.0 Å². The maximum absolute atomic E-state index is 12.8. The first-order valence-corrected chi connectivity index (χ1v) is 12.7. The highest BCUT2D eigenvalue weighted by Gasteiger charge is 2.46. The second kappa shape index (κ2) is 10.1. The molecule has 0 aliphatic carbocycles. The summed E-state index contributed by atoms with van der Waals surface area (Å²) in [6.45, 7) is 2.55. The number of halogens is 3. The number of unbranched alkanes of at least 4 members (excludes halogenated alkanes) is 1. The summed E-state index contributed by atoms with van der Waals surface area (Å²) in [7, 11) is -5.56. The molecular formula is C24H24F3N5O3S. The Morgan fingerprint density at radius 3 is 2.39 bits per heavy atom. The van der Waals surface area contributed by atoms with Crippen LogP contribution in [0.15, 0.2) is 65.6 Å². The van der Waals surface area contributed by atoms with Gasteiger partial charge in [0.25, 0.3) is 5.56 Å². The van der Waals surface area contributed by atoms with Gasteiger partial charge in [0.15, 0.2) is 5.52 Å². The summed E-state index contributed by atoms with van der Waals surface area (Å²) >= 11 is 0. The van der Waals surface area contributed by atoms with Crippen molar-refractivity contribution in [2.75, 3.05) is 10.0 Å². The average molecular weight is 520 g/mol. The van der Waals surface area contributed by atoms with Crippen LogP contribution < -0.4 is 15.6 Å². The number of imidazole rings is 1. The van der Waals surface area contributed by atoms with Gasteiger partial charge in [-0.15, -0.1) is 0 Å². The molecule has 12 heteroatoms. The van der Waals surface area contributed by atoms with E-state index < -0.39 is 15.5 Å². The first-order valence-electron chi connectivity index (χ1n) is 11.2. The lowest BCUT2D eigenvalue weighted by molar-refractivity contribution is -0.0429. The number of anilines is 3. The van der Waals surface area contributed by atoms with Gasteiger partial charge in [-0.05, 0) is 42.3 Å². The summed E-state index contributed by atoms with van der Waals surface area (Å²) in [6.07, 6.45) is 4.24. The van der Waals surface area contributed by atoms with Gasteiger partial charge in [-0.1, -0.05) is 37.6 Å². The van der Waals surface area contributed by atoms with Gasteiger partial charge in [0.1, 0.15) is 5.82 Å². The fourth-order valence-corrected chi connectivity index (χ4v) is 4.31. The molecule has 3 N–H and O–H groups in total. The van der Waals surface area contributed by atoms with E-state index in [9.17, 15) is 26.4 Å². The molecule has 36 heavy (non-hydrogen) atoms. The lowest BCUT2D eigenvalue weighted by atomic mass is 10.2. The molecule has 0 aliphatic heterocycles. The van der Waals surface area contributed by atoms with E-state index in [4.69, 9.17) is 0 Å². The summed E-state index contributed by atoms with van der Waals surface area (Å²) in [4.78, 5) is 19.4. The van der Waals surface area contributed by atoms with Crippen molar-refractivity contribution in [2.24, 2.45) is 0 Å². The van der Waals surface area contributed by atoms with E-state index in [1.54, 1.807) is 29.1 Å². The Bertz CT molecular complexity index is 1530. The number of alkyl halides is 3. The van der Waals surface area contributed by atoms with Crippen LogP contribution in [0.25, 0.3) is 11.0 Å². The number of sulfonamides is 1. The molecule has 0 saturated carbocycles. The molecule has 0 fully saturated rings. The second-order valence-corrected chi connectivity index (χ2v) is 9.85. The zero-order chi connectivity index (χ0) is 25.9. The van der Waals surface area contributed by atoms with E-state index in [1.165, 1.54) is 18.2 Å². The van der Waals surface area contributed by atoms with Gasteiger partial charge >= 0.3 is 15.5 Å². The second-order valence-electron chi connectivity index (χ2n) is 8.18. The van der Waals surface area contributed by atoms with E-state index in [-0.39, 0.29) is 16.9 Å². The SMILES string of the molecule is CCCCc1nc2c(=O)[nH]ccc2n1Cc1ccc(Nc2ccccc2NS(=O)(=O)C(F)(F)F)cc1. The fraction of sp³-hybridized carbons (Fsp3) is 0.250. The standard InChI is InChI=1S/C24H24F3N5O3S/c1-2-3-8-21-30-22-20(13-14-28-23(22)33)32(21)15-16-9-11-17(12-10-16)29-18-6-4-5-7-19(18)31-36(34,35)24(25,26)27/h4-7,9-14,29,31H,2-3,8,15H2,1H3,(H,28,33). The van der Waals surface area contributed by atoms with Gasteiger partial charge in [0.05, 0.1) is 16.9 Å². The molecule has 4 rings (SSSR count). The van der Waals surface area contributed by atoms with Crippen LogP contribution in [0.3, 0.4) is 0 Å². The molecule has 190 valence electrons. The van der Waals surface area contributed by atoms with Crippen molar-refractivity contribution < 1.29 is 21.6 Å². The summed E-state index contributed by atoms with van der Waals surface area (Å²) < 4.78 is 65.0. The van der Waals surface area contributed by atoms with Gasteiger partial charge in [-0.2, -0.15) is 21.6 Å². The number of nitrogens with zero attached hydrogens (tertiary/aromatic N) is 2. The highest BCUT2D eigenvalue weighted by Crippen LogP contribution is 2.31. The minimum Gasteiger partial charge on any atom is -0.354 e. The van der Waals surface area contributed by atoms with Gasteiger partial charge in [-0.25, -0.2) is 4.98 Å². The maximum Gasteiger partial charge on any atom is 0.516 e. The molecule has 2 aromatic heterocycles. The smallest absolute Gasteiger partial charge is 0.354 e. The van der Waals surface area contributed by atoms with Crippen molar-refractivity contribution in [1.29, 1.82) is 0 Å². The molecule has 0 bridgehead atoms. The van der Waals surface area contributed by atoms with E-state index in [1.807, 2.05) is 22.8 Å². The zero-order valence-corrected chi connectivity index (χ0v) is 20.1. The van der Waals surface area contributed by atoms with Gasteiger partial charge in [-0.3, -0.25) is 9.52 Å². The molecular weight excluding hydrogens is 495 g/mol. The number of pyridine rings is 1. The number of aryl methyl sites for hydroxylation is 1. The van der Waals surface area contributed by atoms with Crippen LogP contribution in [0.4, 0.5) is 30.2 Å². The molecule has 0 spiro atoms. The van der Waals surface area contributed by atoms with Crippen molar-refractivity contribution in [3.63, 3.8) is 0 Å². The molecule has 0 atom stereocenters. The number of rotatable bonds is 9. The molecule has 0 unspecified atom stereocenters. The number of aromatic amines is 1. The third kappa shape index (κ3) is 5.38. The summed E-state index contributed by atoms with van der Waals surface area (Å²) in [6, 6.07) is 14.7. The first-order chi connectivity index (χ1) is 17.1. The Hall–Kier alpha value is -3.80. The Morgan fingerprint density at radius 1 is 1.03 bits per heavy atom. The Kier molecular flexibility index (Phi) is 7.07. The van der Waals surface area contributed by atoms with Crippen molar-refractivity contribution in [2.45, 2.75) is 38.2 Å². The zero-order valence-electron chi connectivity index (χ0n) is 19.3. The lowest BCUT2D eigenvalue weighted by Crippen LogP contribution is -2.30. The van der Waals surface area contributed by atoms with Crippen molar-refractivity contribution in [3.05, 3.63) is 82.5 Å². The topological polar surface area (TPSA) is 109 Å². The van der Waals surface area contributed by atoms with E-state index in [0.29, 0.717) is 17.7 Å². The highest BCUT2D eigenvalue weighted by molar-refractivity contribution is 7.93. The molecule has 2 heterocycles. The van der Waals surface area contributed by atoms with E-state index in [0.717, 1.165) is 36.2 Å². The number of aromatic nitrogens is 3. The largest absolute Gasteiger partial charge is 0.516 e. The maximum atomic E-state index is 12.8.